The van der Waals surface area contributed by atoms with Crippen LogP contribution >= 0.6 is 12.4 Å². The summed E-state index contributed by atoms with van der Waals surface area (Å²) in [5, 5.41) is 0.848. The summed E-state index contributed by atoms with van der Waals surface area (Å²) in [7, 11) is -3.61. The lowest BCUT2D eigenvalue weighted by molar-refractivity contribution is 0.200. The minimum absolute atomic E-state index is 0. The van der Waals surface area contributed by atoms with Crippen LogP contribution in [0.5, 0.6) is 0 Å². The molecule has 1 fully saturated rings. The van der Waals surface area contributed by atoms with E-state index in [4.69, 9.17) is 0 Å². The molecule has 0 radical (unpaired) electrons. The van der Waals surface area contributed by atoms with Gasteiger partial charge in [0.25, 0.3) is 0 Å². The van der Waals surface area contributed by atoms with Gasteiger partial charge in [-0.3, -0.25) is 9.88 Å². The van der Waals surface area contributed by atoms with E-state index in [1.54, 1.807) is 18.3 Å². The van der Waals surface area contributed by atoms with Gasteiger partial charge in [0.15, 0.2) is 0 Å². The van der Waals surface area contributed by atoms with Gasteiger partial charge in [0.1, 0.15) is 4.90 Å². The van der Waals surface area contributed by atoms with Crippen molar-refractivity contribution in [1.82, 2.24) is 14.6 Å². The molecule has 3 aromatic rings. The number of piperidine rings is 1. The number of nitrogens with zero attached hydrogens (tertiary/aromatic N) is 2. The molecule has 5 nitrogen and oxygen atoms in total. The molecule has 0 atom stereocenters. The third-order valence-electron chi connectivity index (χ3n) is 5.26. The highest BCUT2D eigenvalue weighted by molar-refractivity contribution is 7.89. The summed E-state index contributed by atoms with van der Waals surface area (Å²) in [6, 6.07) is 17.6. The topological polar surface area (TPSA) is 62.3 Å². The van der Waals surface area contributed by atoms with E-state index in [9.17, 15) is 8.42 Å². The van der Waals surface area contributed by atoms with Crippen LogP contribution in [0.1, 0.15) is 24.0 Å². The van der Waals surface area contributed by atoms with Gasteiger partial charge in [-0.1, -0.05) is 42.5 Å². The Morgan fingerprint density at radius 2 is 1.79 bits per heavy atom. The van der Waals surface area contributed by atoms with Gasteiger partial charge in [-0.2, -0.15) is 0 Å². The van der Waals surface area contributed by atoms with Gasteiger partial charge in [-0.25, -0.2) is 13.1 Å². The summed E-state index contributed by atoms with van der Waals surface area (Å²) in [6.45, 7) is 4.63. The van der Waals surface area contributed by atoms with E-state index in [2.05, 4.69) is 38.9 Å². The maximum absolute atomic E-state index is 13.0. The SMILES string of the molecule is Cc1cnc2c(S(=O)(=O)NC3CCN(Cc4ccccc4)CC3)cccc2c1.Cl. The van der Waals surface area contributed by atoms with Crippen LogP contribution < -0.4 is 4.72 Å². The first-order valence-electron chi connectivity index (χ1n) is 9.65. The van der Waals surface area contributed by atoms with Gasteiger partial charge in [0.05, 0.1) is 5.52 Å². The van der Waals surface area contributed by atoms with E-state index >= 15 is 0 Å². The molecule has 154 valence electrons. The van der Waals surface area contributed by atoms with Crippen molar-refractivity contribution >= 4 is 33.3 Å². The zero-order valence-corrected chi connectivity index (χ0v) is 18.0. The molecule has 2 heterocycles. The van der Waals surface area contributed by atoms with E-state index in [1.807, 2.05) is 25.1 Å². The molecule has 29 heavy (non-hydrogen) atoms. The number of hydrogen-bond donors (Lipinski definition) is 1. The number of aryl methyl sites for hydroxylation is 1. The molecule has 7 heteroatoms. The molecule has 2 aromatic carbocycles. The lowest BCUT2D eigenvalue weighted by atomic mass is 10.1. The van der Waals surface area contributed by atoms with Crippen LogP contribution in [0.2, 0.25) is 0 Å². The third-order valence-corrected chi connectivity index (χ3v) is 6.81. The number of halogens is 1. The zero-order valence-electron chi connectivity index (χ0n) is 16.4. The summed E-state index contributed by atoms with van der Waals surface area (Å²) >= 11 is 0. The van der Waals surface area contributed by atoms with E-state index < -0.39 is 10.0 Å². The molecule has 0 unspecified atom stereocenters. The van der Waals surface area contributed by atoms with Gasteiger partial charge < -0.3 is 0 Å². The van der Waals surface area contributed by atoms with Gasteiger partial charge in [0, 0.05) is 37.3 Å². The number of hydrogen-bond acceptors (Lipinski definition) is 4. The monoisotopic (exact) mass is 431 g/mol. The predicted molar refractivity (Wildman–Crippen MR) is 119 cm³/mol. The summed E-state index contributed by atoms with van der Waals surface area (Å²) in [6.07, 6.45) is 3.33. The maximum Gasteiger partial charge on any atom is 0.242 e. The van der Waals surface area contributed by atoms with E-state index in [-0.39, 0.29) is 23.3 Å². The van der Waals surface area contributed by atoms with Crippen molar-refractivity contribution < 1.29 is 8.42 Å². The average molecular weight is 432 g/mol. The summed E-state index contributed by atoms with van der Waals surface area (Å²) in [5.41, 5.74) is 2.83. The fourth-order valence-electron chi connectivity index (χ4n) is 3.79. The molecule has 1 aliphatic heterocycles. The Bertz CT molecular complexity index is 1070. The number of sulfonamides is 1. The quantitative estimate of drug-likeness (QED) is 0.665. The van der Waals surface area contributed by atoms with Crippen LogP contribution in [0, 0.1) is 6.92 Å². The first kappa shape index (κ1) is 21.7. The normalized spacial score (nSPS) is 15.9. The fraction of sp³-hybridized carbons (Fsp3) is 0.318. The Labute approximate surface area is 178 Å². The molecule has 0 bridgehead atoms. The van der Waals surface area contributed by atoms with Crippen LogP contribution in [-0.4, -0.2) is 37.4 Å². The van der Waals surface area contributed by atoms with Crippen molar-refractivity contribution in [3.05, 3.63) is 71.9 Å². The summed E-state index contributed by atoms with van der Waals surface area (Å²) < 4.78 is 28.9. The van der Waals surface area contributed by atoms with E-state index in [0.717, 1.165) is 43.4 Å². The maximum atomic E-state index is 13.0. The summed E-state index contributed by atoms with van der Waals surface area (Å²) in [5.74, 6) is 0. The Hall–Kier alpha value is -1.99. The highest BCUT2D eigenvalue weighted by Crippen LogP contribution is 2.23. The second-order valence-corrected chi connectivity index (χ2v) is 9.18. The molecular weight excluding hydrogens is 406 g/mol. The first-order chi connectivity index (χ1) is 13.5. The molecule has 0 saturated carbocycles. The summed E-state index contributed by atoms with van der Waals surface area (Å²) in [4.78, 5) is 7.01. The molecule has 0 spiro atoms. The van der Waals surface area contributed by atoms with Crippen molar-refractivity contribution in [3.63, 3.8) is 0 Å². The fourth-order valence-corrected chi connectivity index (χ4v) is 5.28. The van der Waals surface area contributed by atoms with Crippen molar-refractivity contribution in [2.75, 3.05) is 13.1 Å². The molecule has 0 amide bonds. The van der Waals surface area contributed by atoms with E-state index in [0.29, 0.717) is 5.52 Å². The Balaban J connectivity index is 0.00000240. The Morgan fingerprint density at radius 1 is 1.07 bits per heavy atom. The first-order valence-corrected chi connectivity index (χ1v) is 11.1. The number of nitrogens with one attached hydrogen (secondary N) is 1. The van der Waals surface area contributed by atoms with E-state index in [1.165, 1.54) is 5.56 Å². The molecule has 1 aromatic heterocycles. The van der Waals surface area contributed by atoms with Crippen molar-refractivity contribution in [2.24, 2.45) is 0 Å². The zero-order chi connectivity index (χ0) is 19.6. The smallest absolute Gasteiger partial charge is 0.242 e. The molecule has 1 saturated heterocycles. The van der Waals surface area contributed by atoms with Gasteiger partial charge in [-0.15, -0.1) is 12.4 Å². The van der Waals surface area contributed by atoms with Crippen molar-refractivity contribution in [3.8, 4) is 0 Å². The predicted octanol–water partition coefficient (Wildman–Crippen LogP) is 3.91. The van der Waals surface area contributed by atoms with Crippen molar-refractivity contribution in [1.29, 1.82) is 0 Å². The molecule has 1 aliphatic rings. The number of benzene rings is 2. The number of pyridine rings is 1. The Kier molecular flexibility index (Phi) is 6.90. The second kappa shape index (κ2) is 9.22. The standard InChI is InChI=1S/C22H25N3O2S.ClH/c1-17-14-19-8-5-9-21(22(19)23-15-17)28(26,27)24-20-10-12-25(13-11-20)16-18-6-3-2-4-7-18;/h2-9,14-15,20,24H,10-13,16H2,1H3;1H. The van der Waals surface area contributed by atoms with Gasteiger partial charge >= 0.3 is 0 Å². The average Bonchev–Trinajstić information content (AvgIpc) is 2.69. The van der Waals surface area contributed by atoms with Crippen LogP contribution in [0.4, 0.5) is 0 Å². The number of likely N-dealkylation sites (tertiary alicyclic amines) is 1. The van der Waals surface area contributed by atoms with Crippen LogP contribution in [0.3, 0.4) is 0 Å². The number of para-hydroxylation sites is 1. The van der Waals surface area contributed by atoms with Crippen LogP contribution in [0.25, 0.3) is 10.9 Å². The molecular formula is C22H26ClN3O2S. The number of rotatable bonds is 5. The molecule has 4 rings (SSSR count). The molecule has 1 N–H and O–H groups in total. The number of aromatic nitrogens is 1. The van der Waals surface area contributed by atoms with Gasteiger partial charge in [-0.05, 0) is 43.0 Å². The molecule has 0 aliphatic carbocycles. The minimum atomic E-state index is -3.61. The highest BCUT2D eigenvalue weighted by Gasteiger charge is 2.26. The number of fused-ring (bicyclic) bond motifs is 1. The lowest BCUT2D eigenvalue weighted by Crippen LogP contribution is -2.44. The van der Waals surface area contributed by atoms with Crippen LogP contribution in [0.15, 0.2) is 65.7 Å². The largest absolute Gasteiger partial charge is 0.299 e. The van der Waals surface area contributed by atoms with Crippen LogP contribution in [-0.2, 0) is 16.6 Å². The van der Waals surface area contributed by atoms with Crippen molar-refractivity contribution in [2.45, 2.75) is 37.2 Å². The Morgan fingerprint density at radius 3 is 2.52 bits per heavy atom. The minimum Gasteiger partial charge on any atom is -0.299 e. The highest BCUT2D eigenvalue weighted by atomic mass is 35.5. The lowest BCUT2D eigenvalue weighted by Gasteiger charge is -2.32. The second-order valence-electron chi connectivity index (χ2n) is 7.50. The third kappa shape index (κ3) is 5.14. The van der Waals surface area contributed by atoms with Gasteiger partial charge in [0.2, 0.25) is 10.0 Å².